The van der Waals surface area contributed by atoms with E-state index in [1.54, 1.807) is 18.2 Å². The van der Waals surface area contributed by atoms with E-state index in [-0.39, 0.29) is 17.6 Å². The Kier molecular flexibility index (Phi) is 4.98. The highest BCUT2D eigenvalue weighted by Gasteiger charge is 2.09. The van der Waals surface area contributed by atoms with E-state index in [2.05, 4.69) is 20.6 Å². The van der Waals surface area contributed by atoms with Crippen molar-refractivity contribution in [1.29, 1.82) is 0 Å². The molecule has 1 heterocycles. The highest BCUT2D eigenvalue weighted by atomic mass is 35.5. The molecule has 0 bridgehead atoms. The van der Waals surface area contributed by atoms with E-state index >= 15 is 0 Å². The Labute approximate surface area is 132 Å². The van der Waals surface area contributed by atoms with Gasteiger partial charge in [0.05, 0.1) is 12.4 Å². The van der Waals surface area contributed by atoms with Crippen LogP contribution in [0.2, 0.25) is 10.0 Å². The molecule has 0 atom stereocenters. The summed E-state index contributed by atoms with van der Waals surface area (Å²) in [4.78, 5) is 20.0. The second kappa shape index (κ2) is 6.74. The number of aromatic nitrogens is 2. The Bertz CT molecular complexity index is 624. The maximum Gasteiger partial charge on any atom is 0.271 e. The zero-order valence-electron chi connectivity index (χ0n) is 11.5. The number of nitrogens with zero attached hydrogens (tertiary/aromatic N) is 2. The summed E-state index contributed by atoms with van der Waals surface area (Å²) in [5.41, 5.74) is 0.958. The molecule has 0 saturated carbocycles. The molecule has 1 amide bonds. The first-order chi connectivity index (χ1) is 9.94. The van der Waals surface area contributed by atoms with Gasteiger partial charge in [-0.3, -0.25) is 4.79 Å². The summed E-state index contributed by atoms with van der Waals surface area (Å²) in [7, 11) is 0. The first kappa shape index (κ1) is 15.5. The van der Waals surface area contributed by atoms with Crippen molar-refractivity contribution in [3.8, 4) is 0 Å². The summed E-state index contributed by atoms with van der Waals surface area (Å²) < 4.78 is 0. The van der Waals surface area contributed by atoms with E-state index in [9.17, 15) is 4.79 Å². The predicted octanol–water partition coefficient (Wildman–Crippen LogP) is 3.67. The topological polar surface area (TPSA) is 66.9 Å². The molecule has 0 fully saturated rings. The van der Waals surface area contributed by atoms with E-state index in [1.165, 1.54) is 12.4 Å². The van der Waals surface area contributed by atoms with Gasteiger partial charge < -0.3 is 10.6 Å². The van der Waals surface area contributed by atoms with Gasteiger partial charge in [0.1, 0.15) is 11.5 Å². The van der Waals surface area contributed by atoms with Crippen molar-refractivity contribution in [2.75, 3.05) is 5.32 Å². The molecule has 21 heavy (non-hydrogen) atoms. The molecule has 0 radical (unpaired) electrons. The second-order valence-electron chi connectivity index (χ2n) is 4.70. The molecule has 2 rings (SSSR count). The second-order valence-corrected chi connectivity index (χ2v) is 5.57. The number of amides is 1. The number of hydrogen-bond donors (Lipinski definition) is 2. The van der Waals surface area contributed by atoms with E-state index in [0.29, 0.717) is 21.6 Å². The maximum atomic E-state index is 11.7. The fourth-order valence-electron chi connectivity index (χ4n) is 1.62. The normalized spacial score (nSPS) is 10.5. The number of benzene rings is 1. The van der Waals surface area contributed by atoms with E-state index in [0.717, 1.165) is 0 Å². The Morgan fingerprint density at radius 1 is 1.10 bits per heavy atom. The average Bonchev–Trinajstić information content (AvgIpc) is 2.37. The van der Waals surface area contributed by atoms with Crippen LogP contribution in [0.5, 0.6) is 0 Å². The van der Waals surface area contributed by atoms with Gasteiger partial charge in [-0.25, -0.2) is 9.97 Å². The number of carbonyl (C=O) groups excluding carboxylic acids is 1. The highest BCUT2D eigenvalue weighted by Crippen LogP contribution is 2.24. The molecule has 110 valence electrons. The van der Waals surface area contributed by atoms with Crippen molar-refractivity contribution >= 4 is 40.6 Å². The molecule has 2 N–H and O–H groups in total. The first-order valence-corrected chi connectivity index (χ1v) is 7.05. The molecule has 0 aliphatic heterocycles. The van der Waals surface area contributed by atoms with Gasteiger partial charge in [0, 0.05) is 21.8 Å². The quantitative estimate of drug-likeness (QED) is 0.900. The van der Waals surface area contributed by atoms with Crippen LogP contribution >= 0.6 is 23.2 Å². The number of carbonyl (C=O) groups is 1. The largest absolute Gasteiger partial charge is 0.348 e. The lowest BCUT2D eigenvalue weighted by Gasteiger charge is -2.09. The third-order valence-electron chi connectivity index (χ3n) is 2.44. The standard InChI is InChI=1S/C14H14Cl2N4O/c1-8(2)19-14(21)12-6-18-13(7-17-12)20-11-4-9(15)3-10(16)5-11/h3-8H,1-2H3,(H,18,20)(H,19,21). The fraction of sp³-hybridized carbons (Fsp3) is 0.214. The molecule has 5 nitrogen and oxygen atoms in total. The molecule has 0 aliphatic rings. The van der Waals surface area contributed by atoms with E-state index in [1.807, 2.05) is 13.8 Å². The maximum absolute atomic E-state index is 11.7. The third kappa shape index (κ3) is 4.58. The van der Waals surface area contributed by atoms with Crippen LogP contribution in [0, 0.1) is 0 Å². The average molecular weight is 325 g/mol. The molecule has 1 aromatic heterocycles. The number of halogens is 2. The van der Waals surface area contributed by atoms with Crippen LogP contribution < -0.4 is 10.6 Å². The Balaban J connectivity index is 2.10. The highest BCUT2D eigenvalue weighted by molar-refractivity contribution is 6.35. The molecule has 0 aliphatic carbocycles. The number of anilines is 2. The lowest BCUT2D eigenvalue weighted by Crippen LogP contribution is -2.30. The molecule has 1 aromatic carbocycles. The van der Waals surface area contributed by atoms with Gasteiger partial charge in [-0.15, -0.1) is 0 Å². The lowest BCUT2D eigenvalue weighted by atomic mass is 10.3. The predicted molar refractivity (Wildman–Crippen MR) is 84.4 cm³/mol. The van der Waals surface area contributed by atoms with Crippen molar-refractivity contribution in [3.05, 3.63) is 46.3 Å². The molecular formula is C14H14Cl2N4O. The van der Waals surface area contributed by atoms with E-state index in [4.69, 9.17) is 23.2 Å². The third-order valence-corrected chi connectivity index (χ3v) is 2.88. The molecule has 0 saturated heterocycles. The van der Waals surface area contributed by atoms with Crippen LogP contribution in [-0.2, 0) is 0 Å². The Morgan fingerprint density at radius 2 is 1.76 bits per heavy atom. The lowest BCUT2D eigenvalue weighted by molar-refractivity contribution is 0.0937. The van der Waals surface area contributed by atoms with Gasteiger partial charge in [0.25, 0.3) is 5.91 Å². The summed E-state index contributed by atoms with van der Waals surface area (Å²) in [5, 5.41) is 6.80. The summed E-state index contributed by atoms with van der Waals surface area (Å²) in [6, 6.07) is 5.12. The van der Waals surface area contributed by atoms with Crippen LogP contribution in [-0.4, -0.2) is 21.9 Å². The monoisotopic (exact) mass is 324 g/mol. The minimum absolute atomic E-state index is 0.0469. The van der Waals surface area contributed by atoms with Crippen molar-refractivity contribution in [1.82, 2.24) is 15.3 Å². The summed E-state index contributed by atoms with van der Waals surface area (Å²) in [6.45, 7) is 3.76. The van der Waals surface area contributed by atoms with Gasteiger partial charge in [-0.1, -0.05) is 23.2 Å². The Hall–Kier alpha value is -1.85. The summed E-state index contributed by atoms with van der Waals surface area (Å²) in [5.74, 6) is 0.240. The van der Waals surface area contributed by atoms with Gasteiger partial charge in [0.2, 0.25) is 0 Å². The smallest absolute Gasteiger partial charge is 0.271 e. The molecular weight excluding hydrogens is 311 g/mol. The van der Waals surface area contributed by atoms with Crippen molar-refractivity contribution in [2.45, 2.75) is 19.9 Å². The van der Waals surface area contributed by atoms with Crippen molar-refractivity contribution < 1.29 is 4.79 Å². The summed E-state index contributed by atoms with van der Waals surface area (Å²) in [6.07, 6.45) is 2.89. The van der Waals surface area contributed by atoms with Crippen LogP contribution in [0.15, 0.2) is 30.6 Å². The van der Waals surface area contributed by atoms with Crippen LogP contribution in [0.1, 0.15) is 24.3 Å². The molecule has 0 spiro atoms. The SMILES string of the molecule is CC(C)NC(=O)c1cnc(Nc2cc(Cl)cc(Cl)c2)cn1. The number of hydrogen-bond acceptors (Lipinski definition) is 4. The first-order valence-electron chi connectivity index (χ1n) is 6.30. The minimum atomic E-state index is -0.255. The zero-order chi connectivity index (χ0) is 15.4. The Morgan fingerprint density at radius 3 is 2.29 bits per heavy atom. The zero-order valence-corrected chi connectivity index (χ0v) is 13.0. The van der Waals surface area contributed by atoms with Gasteiger partial charge >= 0.3 is 0 Å². The molecule has 0 unspecified atom stereocenters. The van der Waals surface area contributed by atoms with Crippen LogP contribution in [0.3, 0.4) is 0 Å². The van der Waals surface area contributed by atoms with Gasteiger partial charge in [-0.05, 0) is 32.0 Å². The van der Waals surface area contributed by atoms with Crippen LogP contribution in [0.25, 0.3) is 0 Å². The van der Waals surface area contributed by atoms with Crippen molar-refractivity contribution in [2.24, 2.45) is 0 Å². The fourth-order valence-corrected chi connectivity index (χ4v) is 2.15. The van der Waals surface area contributed by atoms with Crippen molar-refractivity contribution in [3.63, 3.8) is 0 Å². The van der Waals surface area contributed by atoms with Gasteiger partial charge in [-0.2, -0.15) is 0 Å². The van der Waals surface area contributed by atoms with Gasteiger partial charge in [0.15, 0.2) is 0 Å². The van der Waals surface area contributed by atoms with Crippen LogP contribution in [0.4, 0.5) is 11.5 Å². The molecule has 2 aromatic rings. The van der Waals surface area contributed by atoms with E-state index < -0.39 is 0 Å². The number of rotatable bonds is 4. The minimum Gasteiger partial charge on any atom is -0.348 e. The summed E-state index contributed by atoms with van der Waals surface area (Å²) >= 11 is 11.8. The number of nitrogens with one attached hydrogen (secondary N) is 2. The molecule has 7 heteroatoms.